The van der Waals surface area contributed by atoms with Gasteiger partial charge in [-0.3, -0.25) is 0 Å². The van der Waals surface area contributed by atoms with Gasteiger partial charge in [-0.2, -0.15) is 0 Å². The van der Waals surface area contributed by atoms with E-state index in [2.05, 4.69) is 4.98 Å². The molecule has 0 saturated heterocycles. The Morgan fingerprint density at radius 3 is 2.58 bits per heavy atom. The molecular formula is C14H8Cl3NO. The van der Waals surface area contributed by atoms with Crippen LogP contribution in [0.15, 0.2) is 34.7 Å². The quantitative estimate of drug-likeness (QED) is 0.534. The third-order valence-electron chi connectivity index (χ3n) is 2.79. The van der Waals surface area contributed by atoms with Gasteiger partial charge in [0.05, 0.1) is 10.0 Å². The molecule has 0 amide bonds. The first kappa shape index (κ1) is 12.8. The Labute approximate surface area is 124 Å². The maximum atomic E-state index is 6.13. The number of aromatic nitrogens is 1. The molecule has 3 aromatic rings. The summed E-state index contributed by atoms with van der Waals surface area (Å²) < 4.78 is 5.74. The minimum absolute atomic E-state index is 0.206. The monoisotopic (exact) mass is 311 g/mol. The summed E-state index contributed by atoms with van der Waals surface area (Å²) in [7, 11) is 0. The van der Waals surface area contributed by atoms with Crippen molar-refractivity contribution in [2.24, 2.45) is 0 Å². The Bertz CT molecular complexity index is 780. The fourth-order valence-electron chi connectivity index (χ4n) is 1.90. The Morgan fingerprint density at radius 2 is 1.79 bits per heavy atom. The fraction of sp³-hybridized carbons (Fsp3) is 0.0714. The van der Waals surface area contributed by atoms with Crippen LogP contribution in [0.25, 0.3) is 22.4 Å². The van der Waals surface area contributed by atoms with E-state index in [0.717, 1.165) is 16.5 Å². The lowest BCUT2D eigenvalue weighted by Gasteiger charge is -2.01. The fourth-order valence-corrected chi connectivity index (χ4v) is 2.49. The van der Waals surface area contributed by atoms with Crippen LogP contribution in [0.5, 0.6) is 0 Å². The van der Waals surface area contributed by atoms with E-state index in [0.29, 0.717) is 21.5 Å². The molecule has 2 aromatic heterocycles. The van der Waals surface area contributed by atoms with Crippen molar-refractivity contribution in [3.63, 3.8) is 0 Å². The van der Waals surface area contributed by atoms with Crippen LogP contribution in [0.1, 0.15) is 5.56 Å². The van der Waals surface area contributed by atoms with Crippen molar-refractivity contribution >= 4 is 45.8 Å². The Morgan fingerprint density at radius 1 is 1.00 bits per heavy atom. The van der Waals surface area contributed by atoms with Crippen molar-refractivity contribution in [2.45, 2.75) is 6.92 Å². The number of pyridine rings is 1. The van der Waals surface area contributed by atoms with E-state index in [4.69, 9.17) is 39.2 Å². The number of halogens is 3. The van der Waals surface area contributed by atoms with Crippen molar-refractivity contribution in [1.82, 2.24) is 4.98 Å². The van der Waals surface area contributed by atoms with E-state index in [1.165, 1.54) is 0 Å². The van der Waals surface area contributed by atoms with Crippen LogP contribution in [0, 0.1) is 6.92 Å². The van der Waals surface area contributed by atoms with Crippen LogP contribution in [0.4, 0.5) is 0 Å². The number of aryl methyl sites for hydroxylation is 1. The molecule has 0 unspecified atom stereocenters. The number of fused-ring (bicyclic) bond motifs is 1. The van der Waals surface area contributed by atoms with Gasteiger partial charge in [-0.1, -0.05) is 46.4 Å². The molecule has 0 fully saturated rings. The standard InChI is InChI=1S/C14H8Cl3NO/c1-7-2-3-11-8(4-7)5-12(19-11)13-9(15)6-10(16)14(17)18-13/h2-6H,1H3. The van der Waals surface area contributed by atoms with Crippen molar-refractivity contribution in [1.29, 1.82) is 0 Å². The lowest BCUT2D eigenvalue weighted by atomic mass is 10.2. The highest BCUT2D eigenvalue weighted by atomic mass is 35.5. The van der Waals surface area contributed by atoms with Crippen molar-refractivity contribution in [3.05, 3.63) is 51.1 Å². The highest BCUT2D eigenvalue weighted by molar-refractivity contribution is 6.42. The predicted molar refractivity (Wildman–Crippen MR) is 79.2 cm³/mol. The first-order chi connectivity index (χ1) is 9.04. The summed E-state index contributed by atoms with van der Waals surface area (Å²) in [6, 6.07) is 9.39. The first-order valence-corrected chi connectivity index (χ1v) is 6.70. The van der Waals surface area contributed by atoms with Gasteiger partial charge in [-0.05, 0) is 31.2 Å². The molecule has 3 rings (SSSR count). The van der Waals surface area contributed by atoms with E-state index < -0.39 is 0 Å². The average Bonchev–Trinajstić information content (AvgIpc) is 2.76. The molecule has 0 bridgehead atoms. The molecule has 1 aromatic carbocycles. The lowest BCUT2D eigenvalue weighted by molar-refractivity contribution is 0.628. The molecule has 0 atom stereocenters. The predicted octanol–water partition coefficient (Wildman–Crippen LogP) is 5.76. The molecule has 0 radical (unpaired) electrons. The van der Waals surface area contributed by atoms with Crippen LogP contribution in [-0.2, 0) is 0 Å². The third kappa shape index (κ3) is 2.32. The number of hydrogen-bond donors (Lipinski definition) is 0. The van der Waals surface area contributed by atoms with Gasteiger partial charge in [0, 0.05) is 5.39 Å². The summed E-state index contributed by atoms with van der Waals surface area (Å²) in [4.78, 5) is 4.17. The second-order valence-corrected chi connectivity index (χ2v) is 5.42. The highest BCUT2D eigenvalue weighted by Crippen LogP contribution is 2.35. The number of benzene rings is 1. The molecule has 96 valence electrons. The van der Waals surface area contributed by atoms with Crippen LogP contribution in [-0.4, -0.2) is 4.98 Å². The van der Waals surface area contributed by atoms with Crippen LogP contribution >= 0.6 is 34.8 Å². The minimum atomic E-state index is 0.206. The van der Waals surface area contributed by atoms with E-state index in [1.807, 2.05) is 31.2 Å². The minimum Gasteiger partial charge on any atom is -0.454 e. The van der Waals surface area contributed by atoms with Gasteiger partial charge in [-0.15, -0.1) is 0 Å². The zero-order valence-electron chi connectivity index (χ0n) is 9.88. The number of rotatable bonds is 1. The molecule has 0 N–H and O–H groups in total. The Balaban J connectivity index is 2.21. The summed E-state index contributed by atoms with van der Waals surface area (Å²) >= 11 is 17.9. The Hall–Kier alpha value is -1.22. The largest absolute Gasteiger partial charge is 0.454 e. The number of hydrogen-bond acceptors (Lipinski definition) is 2. The molecular weight excluding hydrogens is 305 g/mol. The molecule has 0 aliphatic heterocycles. The molecule has 0 aliphatic carbocycles. The lowest BCUT2D eigenvalue weighted by Crippen LogP contribution is -1.85. The zero-order valence-corrected chi connectivity index (χ0v) is 12.1. The molecule has 0 saturated carbocycles. The van der Waals surface area contributed by atoms with Crippen molar-refractivity contribution in [3.8, 4) is 11.5 Å². The summed E-state index contributed by atoms with van der Waals surface area (Å²) in [5, 5.41) is 1.93. The second-order valence-electron chi connectivity index (χ2n) is 4.24. The topological polar surface area (TPSA) is 26.0 Å². The van der Waals surface area contributed by atoms with E-state index in [-0.39, 0.29) is 5.15 Å². The van der Waals surface area contributed by atoms with Gasteiger partial charge >= 0.3 is 0 Å². The zero-order chi connectivity index (χ0) is 13.6. The average molecular weight is 313 g/mol. The maximum Gasteiger partial charge on any atom is 0.155 e. The molecule has 2 nitrogen and oxygen atoms in total. The van der Waals surface area contributed by atoms with Gasteiger partial charge in [0.15, 0.2) is 5.76 Å². The Kier molecular flexibility index (Phi) is 3.17. The van der Waals surface area contributed by atoms with Crippen LogP contribution in [0.2, 0.25) is 15.2 Å². The summed E-state index contributed by atoms with van der Waals surface area (Å²) in [6.07, 6.45) is 0. The van der Waals surface area contributed by atoms with Gasteiger partial charge in [0.25, 0.3) is 0 Å². The molecule has 2 heterocycles. The van der Waals surface area contributed by atoms with Gasteiger partial charge < -0.3 is 4.42 Å². The van der Waals surface area contributed by atoms with Crippen molar-refractivity contribution in [2.75, 3.05) is 0 Å². The van der Waals surface area contributed by atoms with Crippen molar-refractivity contribution < 1.29 is 4.42 Å². The van der Waals surface area contributed by atoms with Gasteiger partial charge in [0.1, 0.15) is 16.4 Å². The van der Waals surface area contributed by atoms with Gasteiger partial charge in [0.2, 0.25) is 0 Å². The molecule has 19 heavy (non-hydrogen) atoms. The molecule has 0 aliphatic rings. The van der Waals surface area contributed by atoms with E-state index >= 15 is 0 Å². The van der Waals surface area contributed by atoms with Crippen LogP contribution < -0.4 is 0 Å². The summed E-state index contributed by atoms with van der Waals surface area (Å²) in [5.41, 5.74) is 2.43. The second kappa shape index (κ2) is 4.71. The summed E-state index contributed by atoms with van der Waals surface area (Å²) in [6.45, 7) is 2.02. The third-order valence-corrected chi connectivity index (χ3v) is 3.75. The van der Waals surface area contributed by atoms with Gasteiger partial charge in [-0.25, -0.2) is 4.98 Å². The molecule has 5 heteroatoms. The van der Waals surface area contributed by atoms with E-state index in [9.17, 15) is 0 Å². The summed E-state index contributed by atoms with van der Waals surface area (Å²) in [5.74, 6) is 0.573. The highest BCUT2D eigenvalue weighted by Gasteiger charge is 2.14. The normalized spacial score (nSPS) is 11.2. The molecule has 0 spiro atoms. The maximum absolute atomic E-state index is 6.13. The number of furan rings is 1. The number of nitrogens with zero attached hydrogens (tertiary/aromatic N) is 1. The van der Waals surface area contributed by atoms with E-state index in [1.54, 1.807) is 6.07 Å². The SMILES string of the molecule is Cc1ccc2oc(-c3nc(Cl)c(Cl)cc3Cl)cc2c1. The first-order valence-electron chi connectivity index (χ1n) is 5.57. The van der Waals surface area contributed by atoms with Crippen LogP contribution in [0.3, 0.4) is 0 Å². The smallest absolute Gasteiger partial charge is 0.155 e.